The number of thioether (sulfide) groups is 1. The highest BCUT2D eigenvalue weighted by Gasteiger charge is 2.39. The smallest absolute Gasteiger partial charge is 0.238 e. The fraction of sp³-hybridized carbons (Fsp3) is 0.923. The molecule has 1 amide bonds. The molecule has 0 aliphatic carbocycles. The number of carbonyl (C=O) groups excluding carboxylic acids is 1. The second-order valence-corrected chi connectivity index (χ2v) is 7.16. The van der Waals surface area contributed by atoms with Crippen molar-refractivity contribution in [3.05, 3.63) is 0 Å². The van der Waals surface area contributed by atoms with E-state index >= 15 is 0 Å². The van der Waals surface area contributed by atoms with E-state index in [-0.39, 0.29) is 4.75 Å². The van der Waals surface area contributed by atoms with E-state index in [2.05, 4.69) is 12.2 Å². The van der Waals surface area contributed by atoms with Gasteiger partial charge < -0.3 is 10.2 Å². The van der Waals surface area contributed by atoms with Crippen molar-refractivity contribution in [3.63, 3.8) is 0 Å². The molecule has 1 atom stereocenters. The molecule has 0 aromatic heterocycles. The number of rotatable bonds is 3. The highest BCUT2D eigenvalue weighted by Crippen LogP contribution is 2.39. The summed E-state index contributed by atoms with van der Waals surface area (Å²) in [6.45, 7) is 5.28. The molecule has 0 aromatic carbocycles. The Kier molecular flexibility index (Phi) is 4.36. The lowest BCUT2D eigenvalue weighted by molar-refractivity contribution is -0.132. The molecule has 2 aliphatic heterocycles. The number of nitrogens with one attached hydrogen (secondary N) is 1. The number of carbonyl (C=O) groups is 1. The predicted octanol–water partition coefficient (Wildman–Crippen LogP) is 1.73. The van der Waals surface area contributed by atoms with Crippen molar-refractivity contribution >= 4 is 17.7 Å². The van der Waals surface area contributed by atoms with Crippen molar-refractivity contribution < 1.29 is 4.79 Å². The Morgan fingerprint density at radius 3 is 2.76 bits per heavy atom. The summed E-state index contributed by atoms with van der Waals surface area (Å²) in [4.78, 5) is 14.4. The van der Waals surface area contributed by atoms with Crippen molar-refractivity contribution in [2.75, 3.05) is 32.4 Å². The highest BCUT2D eigenvalue weighted by molar-refractivity contribution is 8.01. The monoisotopic (exact) mass is 256 g/mol. The minimum atomic E-state index is -0.137. The van der Waals surface area contributed by atoms with Crippen LogP contribution in [0.3, 0.4) is 0 Å². The maximum absolute atomic E-state index is 12.4. The SMILES string of the molecule is CN(CC1CCNCC1)C(=O)C1(C)CCCS1. The van der Waals surface area contributed by atoms with Crippen LogP contribution in [0.25, 0.3) is 0 Å². The summed E-state index contributed by atoms with van der Waals surface area (Å²) in [5.41, 5.74) is 0. The summed E-state index contributed by atoms with van der Waals surface area (Å²) in [5.74, 6) is 2.18. The molecule has 2 rings (SSSR count). The summed E-state index contributed by atoms with van der Waals surface area (Å²) in [5, 5.41) is 3.37. The number of piperidine rings is 1. The molecule has 98 valence electrons. The van der Waals surface area contributed by atoms with Crippen LogP contribution in [0.2, 0.25) is 0 Å². The standard InChI is InChI=1S/C13H24N2OS/c1-13(6-3-9-17-13)12(16)15(2)10-11-4-7-14-8-5-11/h11,14H,3-10H2,1-2H3. The van der Waals surface area contributed by atoms with Gasteiger partial charge in [-0.25, -0.2) is 0 Å². The van der Waals surface area contributed by atoms with Crippen LogP contribution in [0.4, 0.5) is 0 Å². The fourth-order valence-corrected chi connectivity index (χ4v) is 4.19. The maximum Gasteiger partial charge on any atom is 0.238 e. The molecule has 1 unspecified atom stereocenters. The Morgan fingerprint density at radius 1 is 1.47 bits per heavy atom. The van der Waals surface area contributed by atoms with Crippen LogP contribution in [0, 0.1) is 5.92 Å². The van der Waals surface area contributed by atoms with E-state index in [4.69, 9.17) is 0 Å². The van der Waals surface area contributed by atoms with E-state index in [1.165, 1.54) is 19.3 Å². The summed E-state index contributed by atoms with van der Waals surface area (Å²) < 4.78 is -0.137. The average molecular weight is 256 g/mol. The number of hydrogen-bond acceptors (Lipinski definition) is 3. The average Bonchev–Trinajstić information content (AvgIpc) is 2.78. The molecule has 1 N–H and O–H groups in total. The van der Waals surface area contributed by atoms with E-state index in [0.717, 1.165) is 31.8 Å². The van der Waals surface area contributed by atoms with Crippen LogP contribution in [0.5, 0.6) is 0 Å². The minimum Gasteiger partial charge on any atom is -0.344 e. The van der Waals surface area contributed by atoms with E-state index in [1.54, 1.807) is 0 Å². The molecule has 2 fully saturated rings. The molecular weight excluding hydrogens is 232 g/mol. The summed E-state index contributed by atoms with van der Waals surface area (Å²) >= 11 is 1.84. The number of amides is 1. The third kappa shape index (κ3) is 3.16. The molecule has 0 saturated carbocycles. The number of hydrogen-bond donors (Lipinski definition) is 1. The van der Waals surface area contributed by atoms with Crippen molar-refractivity contribution in [1.82, 2.24) is 10.2 Å². The first kappa shape index (κ1) is 13.2. The van der Waals surface area contributed by atoms with Crippen molar-refractivity contribution in [2.24, 2.45) is 5.92 Å². The molecule has 4 heteroatoms. The van der Waals surface area contributed by atoms with Gasteiger partial charge in [-0.1, -0.05) is 0 Å². The van der Waals surface area contributed by atoms with Crippen LogP contribution in [-0.2, 0) is 4.79 Å². The van der Waals surface area contributed by atoms with Gasteiger partial charge in [-0.05, 0) is 57.4 Å². The van der Waals surface area contributed by atoms with Gasteiger partial charge in [-0.15, -0.1) is 11.8 Å². The zero-order chi connectivity index (χ0) is 12.3. The molecule has 0 aromatic rings. The Labute approximate surface area is 109 Å². The summed E-state index contributed by atoms with van der Waals surface area (Å²) in [6.07, 6.45) is 4.66. The molecule has 0 radical (unpaired) electrons. The van der Waals surface area contributed by atoms with Crippen LogP contribution in [-0.4, -0.2) is 48.0 Å². The lowest BCUT2D eigenvalue weighted by Crippen LogP contribution is -2.45. The first-order valence-corrected chi connectivity index (χ1v) is 7.70. The largest absolute Gasteiger partial charge is 0.344 e. The van der Waals surface area contributed by atoms with Crippen LogP contribution in [0.1, 0.15) is 32.6 Å². The van der Waals surface area contributed by atoms with Gasteiger partial charge in [-0.2, -0.15) is 0 Å². The molecule has 0 spiro atoms. The fourth-order valence-electron chi connectivity index (χ4n) is 2.89. The third-order valence-corrected chi connectivity index (χ3v) is 5.52. The van der Waals surface area contributed by atoms with Gasteiger partial charge in [0.25, 0.3) is 0 Å². The van der Waals surface area contributed by atoms with Crippen LogP contribution >= 0.6 is 11.8 Å². The number of nitrogens with zero attached hydrogens (tertiary/aromatic N) is 1. The Balaban J connectivity index is 1.85. The molecule has 3 nitrogen and oxygen atoms in total. The van der Waals surface area contributed by atoms with Crippen LogP contribution in [0.15, 0.2) is 0 Å². The lowest BCUT2D eigenvalue weighted by Gasteiger charge is -2.32. The van der Waals surface area contributed by atoms with E-state index < -0.39 is 0 Å². The van der Waals surface area contributed by atoms with E-state index in [0.29, 0.717) is 11.8 Å². The lowest BCUT2D eigenvalue weighted by atomic mass is 9.96. The Hall–Kier alpha value is -0.220. The van der Waals surface area contributed by atoms with Gasteiger partial charge >= 0.3 is 0 Å². The molecule has 2 saturated heterocycles. The summed E-state index contributed by atoms with van der Waals surface area (Å²) in [6, 6.07) is 0. The predicted molar refractivity (Wildman–Crippen MR) is 73.3 cm³/mol. The maximum atomic E-state index is 12.4. The first-order chi connectivity index (χ1) is 8.12. The Bertz CT molecular complexity index is 271. The zero-order valence-electron chi connectivity index (χ0n) is 11.0. The van der Waals surface area contributed by atoms with Gasteiger partial charge in [0, 0.05) is 13.6 Å². The van der Waals surface area contributed by atoms with Gasteiger partial charge in [0.15, 0.2) is 0 Å². The third-order valence-electron chi connectivity index (χ3n) is 4.01. The zero-order valence-corrected chi connectivity index (χ0v) is 11.8. The van der Waals surface area contributed by atoms with Crippen LogP contribution < -0.4 is 5.32 Å². The van der Waals surface area contributed by atoms with Crippen molar-refractivity contribution in [3.8, 4) is 0 Å². The molecule has 0 bridgehead atoms. The Morgan fingerprint density at radius 2 is 2.18 bits per heavy atom. The second-order valence-electron chi connectivity index (χ2n) is 5.56. The van der Waals surface area contributed by atoms with Gasteiger partial charge in [-0.3, -0.25) is 4.79 Å². The van der Waals surface area contributed by atoms with Gasteiger partial charge in [0.1, 0.15) is 0 Å². The molecule has 2 heterocycles. The summed E-state index contributed by atoms with van der Waals surface area (Å²) in [7, 11) is 1.98. The molecular formula is C13H24N2OS. The molecule has 17 heavy (non-hydrogen) atoms. The van der Waals surface area contributed by atoms with E-state index in [1.807, 2.05) is 23.7 Å². The highest BCUT2D eigenvalue weighted by atomic mass is 32.2. The van der Waals surface area contributed by atoms with Gasteiger partial charge in [0.05, 0.1) is 4.75 Å². The van der Waals surface area contributed by atoms with Crippen molar-refractivity contribution in [1.29, 1.82) is 0 Å². The first-order valence-electron chi connectivity index (χ1n) is 6.72. The minimum absolute atomic E-state index is 0.137. The normalized spacial score (nSPS) is 30.5. The molecule has 2 aliphatic rings. The van der Waals surface area contributed by atoms with Crippen molar-refractivity contribution in [2.45, 2.75) is 37.4 Å². The van der Waals surface area contributed by atoms with E-state index in [9.17, 15) is 4.79 Å². The van der Waals surface area contributed by atoms with Gasteiger partial charge in [0.2, 0.25) is 5.91 Å². The topological polar surface area (TPSA) is 32.3 Å². The quantitative estimate of drug-likeness (QED) is 0.834. The second kappa shape index (κ2) is 5.61.